The molecular formula is C15H16N2. The smallest absolute Gasteiger partial charge is 0.0455 e. The first-order valence-electron chi connectivity index (χ1n) is 6.40. The number of allylic oxidation sites excluding steroid dienone is 1. The van der Waals surface area contributed by atoms with E-state index in [1.54, 1.807) is 0 Å². The summed E-state index contributed by atoms with van der Waals surface area (Å²) in [5.74, 6) is 1.69. The fraction of sp³-hybridized carbons (Fsp3) is 0.333. The second kappa shape index (κ2) is 3.39. The van der Waals surface area contributed by atoms with E-state index in [1.807, 2.05) is 6.20 Å². The molecule has 2 N–H and O–H groups in total. The molecule has 1 aromatic heterocycles. The van der Waals surface area contributed by atoms with Crippen molar-refractivity contribution in [1.29, 1.82) is 0 Å². The zero-order valence-electron chi connectivity index (χ0n) is 9.69. The van der Waals surface area contributed by atoms with E-state index < -0.39 is 0 Å². The summed E-state index contributed by atoms with van der Waals surface area (Å²) in [4.78, 5) is 3.23. The Bertz CT molecular complexity index is 581. The minimum Gasteiger partial charge on any atom is -0.382 e. The SMILES string of the molecule is C1=CC2C(C1)CC2Nc1ccc2[nH]ccc2c1. The summed E-state index contributed by atoms with van der Waals surface area (Å²) < 4.78 is 0. The molecular weight excluding hydrogens is 208 g/mol. The first-order chi connectivity index (χ1) is 8.40. The molecule has 1 saturated carbocycles. The lowest BCUT2D eigenvalue weighted by Gasteiger charge is -2.41. The lowest BCUT2D eigenvalue weighted by Crippen LogP contribution is -2.43. The van der Waals surface area contributed by atoms with Crippen LogP contribution in [-0.4, -0.2) is 11.0 Å². The summed E-state index contributed by atoms with van der Waals surface area (Å²) >= 11 is 0. The third kappa shape index (κ3) is 1.40. The number of hydrogen-bond acceptors (Lipinski definition) is 1. The molecule has 1 aromatic carbocycles. The molecule has 4 rings (SSSR count). The Kier molecular flexibility index (Phi) is 1.87. The van der Waals surface area contributed by atoms with Crippen LogP contribution in [0.1, 0.15) is 12.8 Å². The van der Waals surface area contributed by atoms with Gasteiger partial charge in [0.05, 0.1) is 0 Å². The normalized spacial score (nSPS) is 30.2. The molecule has 2 nitrogen and oxygen atoms in total. The number of fused-ring (bicyclic) bond motifs is 2. The Balaban J connectivity index is 1.56. The van der Waals surface area contributed by atoms with Crippen molar-refractivity contribution in [3.63, 3.8) is 0 Å². The van der Waals surface area contributed by atoms with E-state index in [9.17, 15) is 0 Å². The Morgan fingerprint density at radius 2 is 2.24 bits per heavy atom. The summed E-state index contributed by atoms with van der Waals surface area (Å²) in [6, 6.07) is 9.33. The van der Waals surface area contributed by atoms with Crippen LogP contribution in [0.5, 0.6) is 0 Å². The van der Waals surface area contributed by atoms with Gasteiger partial charge in [-0.15, -0.1) is 0 Å². The van der Waals surface area contributed by atoms with Crippen LogP contribution in [0.15, 0.2) is 42.6 Å². The maximum absolute atomic E-state index is 3.67. The van der Waals surface area contributed by atoms with Crippen molar-refractivity contribution in [2.24, 2.45) is 11.8 Å². The van der Waals surface area contributed by atoms with Crippen molar-refractivity contribution in [2.75, 3.05) is 5.32 Å². The quantitative estimate of drug-likeness (QED) is 0.750. The van der Waals surface area contributed by atoms with E-state index in [1.165, 1.54) is 29.4 Å². The molecule has 0 radical (unpaired) electrons. The molecule has 0 amide bonds. The molecule has 2 aliphatic carbocycles. The van der Waals surface area contributed by atoms with Gasteiger partial charge >= 0.3 is 0 Å². The number of nitrogens with one attached hydrogen (secondary N) is 2. The topological polar surface area (TPSA) is 27.8 Å². The van der Waals surface area contributed by atoms with Gasteiger partial charge in [-0.05, 0) is 43.0 Å². The van der Waals surface area contributed by atoms with Crippen molar-refractivity contribution in [1.82, 2.24) is 4.98 Å². The highest BCUT2D eigenvalue weighted by Gasteiger charge is 2.40. The van der Waals surface area contributed by atoms with Gasteiger partial charge in [-0.2, -0.15) is 0 Å². The highest BCUT2D eigenvalue weighted by atomic mass is 15.0. The molecule has 3 atom stereocenters. The van der Waals surface area contributed by atoms with Crippen LogP contribution in [0.25, 0.3) is 10.9 Å². The molecule has 1 fully saturated rings. The third-order valence-corrected chi connectivity index (χ3v) is 4.27. The molecule has 0 bridgehead atoms. The number of rotatable bonds is 2. The minimum atomic E-state index is 0.648. The van der Waals surface area contributed by atoms with Gasteiger partial charge in [0, 0.05) is 34.7 Å². The van der Waals surface area contributed by atoms with Crippen LogP contribution in [0.3, 0.4) is 0 Å². The van der Waals surface area contributed by atoms with Crippen LogP contribution in [0, 0.1) is 11.8 Å². The molecule has 0 spiro atoms. The standard InChI is InChI=1S/C15H16N2/c1-2-10-9-15(13(10)3-1)17-12-4-5-14-11(8-12)6-7-16-14/h1,3-8,10,13,15-17H,2,9H2. The van der Waals surface area contributed by atoms with Gasteiger partial charge in [0.1, 0.15) is 0 Å². The van der Waals surface area contributed by atoms with Crippen LogP contribution < -0.4 is 5.32 Å². The number of aromatic amines is 1. The molecule has 1 heterocycles. The summed E-state index contributed by atoms with van der Waals surface area (Å²) in [6.45, 7) is 0. The molecule has 2 aromatic rings. The largest absolute Gasteiger partial charge is 0.382 e. The van der Waals surface area contributed by atoms with Gasteiger partial charge < -0.3 is 10.3 Å². The monoisotopic (exact) mass is 224 g/mol. The first-order valence-corrected chi connectivity index (χ1v) is 6.40. The fourth-order valence-corrected chi connectivity index (χ4v) is 3.24. The van der Waals surface area contributed by atoms with Crippen LogP contribution in [0.4, 0.5) is 5.69 Å². The van der Waals surface area contributed by atoms with Gasteiger partial charge in [0.2, 0.25) is 0 Å². The van der Waals surface area contributed by atoms with Crippen molar-refractivity contribution >= 4 is 16.6 Å². The van der Waals surface area contributed by atoms with Crippen molar-refractivity contribution in [3.05, 3.63) is 42.6 Å². The zero-order valence-corrected chi connectivity index (χ0v) is 9.69. The molecule has 17 heavy (non-hydrogen) atoms. The summed E-state index contributed by atoms with van der Waals surface area (Å²) in [5.41, 5.74) is 2.46. The van der Waals surface area contributed by atoms with Gasteiger partial charge in [-0.1, -0.05) is 12.2 Å². The lowest BCUT2D eigenvalue weighted by atomic mass is 9.71. The number of H-pyrrole nitrogens is 1. The Labute approximate surface area is 101 Å². The van der Waals surface area contributed by atoms with E-state index >= 15 is 0 Å². The maximum Gasteiger partial charge on any atom is 0.0455 e. The number of aromatic nitrogens is 1. The van der Waals surface area contributed by atoms with E-state index in [0.717, 1.165) is 11.8 Å². The van der Waals surface area contributed by atoms with Crippen LogP contribution in [0.2, 0.25) is 0 Å². The summed E-state index contributed by atoms with van der Waals surface area (Å²) in [5, 5.41) is 4.95. The number of benzene rings is 1. The van der Waals surface area contributed by atoms with Crippen molar-refractivity contribution < 1.29 is 0 Å². The molecule has 3 unspecified atom stereocenters. The Morgan fingerprint density at radius 3 is 3.18 bits per heavy atom. The summed E-state index contributed by atoms with van der Waals surface area (Å²) in [6.07, 6.45) is 9.34. The lowest BCUT2D eigenvalue weighted by molar-refractivity contribution is 0.218. The number of hydrogen-bond donors (Lipinski definition) is 2. The second-order valence-corrected chi connectivity index (χ2v) is 5.27. The number of anilines is 1. The van der Waals surface area contributed by atoms with Gasteiger partial charge in [0.25, 0.3) is 0 Å². The Morgan fingerprint density at radius 1 is 1.24 bits per heavy atom. The maximum atomic E-state index is 3.67. The van der Waals surface area contributed by atoms with Crippen LogP contribution >= 0.6 is 0 Å². The zero-order chi connectivity index (χ0) is 11.2. The predicted molar refractivity (Wildman–Crippen MR) is 71.1 cm³/mol. The van der Waals surface area contributed by atoms with Crippen molar-refractivity contribution in [2.45, 2.75) is 18.9 Å². The predicted octanol–water partition coefficient (Wildman–Crippen LogP) is 3.54. The van der Waals surface area contributed by atoms with Gasteiger partial charge in [-0.3, -0.25) is 0 Å². The van der Waals surface area contributed by atoms with Gasteiger partial charge in [0.15, 0.2) is 0 Å². The van der Waals surface area contributed by atoms with E-state index in [-0.39, 0.29) is 0 Å². The highest BCUT2D eigenvalue weighted by molar-refractivity contribution is 5.83. The second-order valence-electron chi connectivity index (χ2n) is 5.27. The summed E-state index contributed by atoms with van der Waals surface area (Å²) in [7, 11) is 0. The van der Waals surface area contributed by atoms with Crippen molar-refractivity contribution in [3.8, 4) is 0 Å². The van der Waals surface area contributed by atoms with Crippen LogP contribution in [-0.2, 0) is 0 Å². The first kappa shape index (κ1) is 9.34. The molecule has 0 saturated heterocycles. The molecule has 0 aliphatic heterocycles. The fourth-order valence-electron chi connectivity index (χ4n) is 3.24. The molecule has 86 valence electrons. The van der Waals surface area contributed by atoms with E-state index in [4.69, 9.17) is 0 Å². The van der Waals surface area contributed by atoms with E-state index in [0.29, 0.717) is 6.04 Å². The van der Waals surface area contributed by atoms with E-state index in [2.05, 4.69) is 46.7 Å². The molecule has 2 heteroatoms. The minimum absolute atomic E-state index is 0.648. The average molecular weight is 224 g/mol. The van der Waals surface area contributed by atoms with Gasteiger partial charge in [-0.25, -0.2) is 0 Å². The Hall–Kier alpha value is -1.70. The highest BCUT2D eigenvalue weighted by Crippen LogP contribution is 2.44. The average Bonchev–Trinajstić information content (AvgIpc) is 2.91. The third-order valence-electron chi connectivity index (χ3n) is 4.27. The molecule has 2 aliphatic rings.